The quantitative estimate of drug-likeness (QED) is 0.449. The molecule has 0 spiro atoms. The van der Waals surface area contributed by atoms with Gasteiger partial charge in [0.2, 0.25) is 0 Å². The SMILES string of the molecule is CC[C@H](C)Oc1c(Br)cc(/C=C(/C#N)c2ccccc2F)cc1OC. The zero-order chi connectivity index (χ0) is 18.4. The zero-order valence-electron chi connectivity index (χ0n) is 14.3. The highest BCUT2D eigenvalue weighted by atomic mass is 79.9. The first-order valence-electron chi connectivity index (χ1n) is 7.91. The maximum absolute atomic E-state index is 14.0. The highest BCUT2D eigenvalue weighted by Gasteiger charge is 2.14. The van der Waals surface area contributed by atoms with E-state index in [1.165, 1.54) is 6.07 Å². The second-order valence-electron chi connectivity index (χ2n) is 5.52. The van der Waals surface area contributed by atoms with Crippen molar-refractivity contribution in [1.82, 2.24) is 0 Å². The molecule has 0 N–H and O–H groups in total. The van der Waals surface area contributed by atoms with Gasteiger partial charge in [0, 0.05) is 5.56 Å². The Morgan fingerprint density at radius 2 is 2.08 bits per heavy atom. The van der Waals surface area contributed by atoms with E-state index in [9.17, 15) is 9.65 Å². The van der Waals surface area contributed by atoms with Gasteiger partial charge < -0.3 is 9.47 Å². The Balaban J connectivity index is 2.48. The first-order valence-corrected chi connectivity index (χ1v) is 8.70. The lowest BCUT2D eigenvalue weighted by atomic mass is 10.0. The number of nitrogens with zero attached hydrogens (tertiary/aromatic N) is 1. The Morgan fingerprint density at radius 1 is 1.36 bits per heavy atom. The van der Waals surface area contributed by atoms with Crippen molar-refractivity contribution in [3.8, 4) is 17.6 Å². The molecule has 0 heterocycles. The lowest BCUT2D eigenvalue weighted by Crippen LogP contribution is -2.11. The minimum absolute atomic E-state index is 0.0414. The molecule has 0 unspecified atom stereocenters. The number of ether oxygens (including phenoxy) is 2. The van der Waals surface area contributed by atoms with Gasteiger partial charge in [-0.1, -0.05) is 25.1 Å². The Hall–Kier alpha value is -2.32. The number of hydrogen-bond acceptors (Lipinski definition) is 3. The van der Waals surface area contributed by atoms with Crippen LogP contribution in [0.2, 0.25) is 0 Å². The van der Waals surface area contributed by atoms with Crippen LogP contribution in [0.4, 0.5) is 4.39 Å². The van der Waals surface area contributed by atoms with Gasteiger partial charge in [-0.05, 0) is 59.1 Å². The van der Waals surface area contributed by atoms with Gasteiger partial charge in [-0.3, -0.25) is 0 Å². The smallest absolute Gasteiger partial charge is 0.175 e. The number of halogens is 2. The average molecular weight is 404 g/mol. The van der Waals surface area contributed by atoms with Gasteiger partial charge in [0.25, 0.3) is 0 Å². The number of nitriles is 1. The normalized spacial score (nSPS) is 12.4. The van der Waals surface area contributed by atoms with Crippen LogP contribution in [0.15, 0.2) is 40.9 Å². The third kappa shape index (κ3) is 4.61. The van der Waals surface area contributed by atoms with Crippen LogP contribution in [0.1, 0.15) is 31.4 Å². The maximum Gasteiger partial charge on any atom is 0.175 e. The molecule has 0 saturated heterocycles. The monoisotopic (exact) mass is 403 g/mol. The molecular weight excluding hydrogens is 385 g/mol. The summed E-state index contributed by atoms with van der Waals surface area (Å²) in [6.45, 7) is 4.02. The summed E-state index contributed by atoms with van der Waals surface area (Å²) >= 11 is 3.49. The third-order valence-electron chi connectivity index (χ3n) is 3.74. The van der Waals surface area contributed by atoms with E-state index in [1.54, 1.807) is 37.5 Å². The number of benzene rings is 2. The van der Waals surface area contributed by atoms with Crippen LogP contribution in [0.25, 0.3) is 11.6 Å². The van der Waals surface area contributed by atoms with Crippen LogP contribution in [-0.4, -0.2) is 13.2 Å². The summed E-state index contributed by atoms with van der Waals surface area (Å²) in [5, 5.41) is 9.41. The molecule has 5 heteroatoms. The molecule has 25 heavy (non-hydrogen) atoms. The van der Waals surface area contributed by atoms with Crippen LogP contribution < -0.4 is 9.47 Å². The van der Waals surface area contributed by atoms with Gasteiger partial charge >= 0.3 is 0 Å². The summed E-state index contributed by atoms with van der Waals surface area (Å²) < 4.78 is 26.0. The topological polar surface area (TPSA) is 42.2 Å². The summed E-state index contributed by atoms with van der Waals surface area (Å²) in [6, 6.07) is 11.8. The Kier molecular flexibility index (Phi) is 6.60. The molecule has 0 aliphatic rings. The predicted octanol–water partition coefficient (Wildman–Crippen LogP) is 5.84. The second kappa shape index (κ2) is 8.68. The van der Waals surface area contributed by atoms with E-state index in [4.69, 9.17) is 9.47 Å². The van der Waals surface area contributed by atoms with Gasteiger partial charge in [0.1, 0.15) is 5.82 Å². The number of rotatable bonds is 6. The summed E-state index contributed by atoms with van der Waals surface area (Å²) in [5.74, 6) is 0.725. The van der Waals surface area contributed by atoms with E-state index in [0.29, 0.717) is 21.5 Å². The van der Waals surface area contributed by atoms with E-state index >= 15 is 0 Å². The van der Waals surface area contributed by atoms with Crippen molar-refractivity contribution in [2.75, 3.05) is 7.11 Å². The molecule has 130 valence electrons. The molecule has 0 radical (unpaired) electrons. The van der Waals surface area contributed by atoms with Crippen LogP contribution in [0.5, 0.6) is 11.5 Å². The van der Waals surface area contributed by atoms with E-state index < -0.39 is 5.82 Å². The van der Waals surface area contributed by atoms with Crippen molar-refractivity contribution >= 4 is 27.6 Å². The predicted molar refractivity (Wildman–Crippen MR) is 101 cm³/mol. The first-order chi connectivity index (χ1) is 12.0. The number of methoxy groups -OCH3 is 1. The van der Waals surface area contributed by atoms with E-state index in [0.717, 1.165) is 6.42 Å². The van der Waals surface area contributed by atoms with Crippen molar-refractivity contribution in [2.45, 2.75) is 26.4 Å². The molecule has 0 amide bonds. The number of allylic oxidation sites excluding steroid dienone is 1. The van der Waals surface area contributed by atoms with Crippen molar-refractivity contribution in [2.24, 2.45) is 0 Å². The molecule has 2 aromatic rings. The standard InChI is InChI=1S/C20H19BrFNO2/c1-4-13(2)25-20-17(21)10-14(11-19(20)24-3)9-15(12-23)16-7-5-6-8-18(16)22/h5-11,13H,4H2,1-3H3/b15-9-/t13-/m0/s1. The summed E-state index contributed by atoms with van der Waals surface area (Å²) in [5.41, 5.74) is 1.21. The molecule has 1 atom stereocenters. The maximum atomic E-state index is 14.0. The molecule has 0 saturated carbocycles. The van der Waals surface area contributed by atoms with Gasteiger partial charge in [0.05, 0.1) is 29.3 Å². The number of hydrogen-bond donors (Lipinski definition) is 0. The third-order valence-corrected chi connectivity index (χ3v) is 4.33. The fraction of sp³-hybridized carbons (Fsp3) is 0.250. The molecule has 2 aromatic carbocycles. The highest BCUT2D eigenvalue weighted by Crippen LogP contribution is 2.38. The molecule has 0 aliphatic heterocycles. The molecule has 0 bridgehead atoms. The molecule has 0 aromatic heterocycles. The van der Waals surface area contributed by atoms with Crippen LogP contribution in [0, 0.1) is 17.1 Å². The molecule has 3 nitrogen and oxygen atoms in total. The molecule has 2 rings (SSSR count). The minimum Gasteiger partial charge on any atom is -0.493 e. The van der Waals surface area contributed by atoms with Crippen molar-refractivity contribution in [3.05, 3.63) is 57.8 Å². The van der Waals surface area contributed by atoms with Crippen molar-refractivity contribution < 1.29 is 13.9 Å². The second-order valence-corrected chi connectivity index (χ2v) is 6.37. The molecule has 0 aliphatic carbocycles. The van der Waals surface area contributed by atoms with Crippen molar-refractivity contribution in [1.29, 1.82) is 5.26 Å². The Morgan fingerprint density at radius 3 is 2.68 bits per heavy atom. The van der Waals surface area contributed by atoms with Gasteiger partial charge in [-0.25, -0.2) is 4.39 Å². The zero-order valence-corrected chi connectivity index (χ0v) is 15.9. The van der Waals surface area contributed by atoms with Crippen molar-refractivity contribution in [3.63, 3.8) is 0 Å². The summed E-state index contributed by atoms with van der Waals surface area (Å²) in [4.78, 5) is 0. The summed E-state index contributed by atoms with van der Waals surface area (Å²) in [6.07, 6.45) is 2.53. The average Bonchev–Trinajstić information content (AvgIpc) is 2.62. The summed E-state index contributed by atoms with van der Waals surface area (Å²) in [7, 11) is 1.56. The Labute approximate surface area is 155 Å². The van der Waals surface area contributed by atoms with E-state index in [1.807, 2.05) is 19.9 Å². The van der Waals surface area contributed by atoms with Gasteiger partial charge in [-0.15, -0.1) is 0 Å². The van der Waals surface area contributed by atoms with Gasteiger partial charge in [-0.2, -0.15) is 5.26 Å². The molecular formula is C20H19BrFNO2. The molecule has 0 fully saturated rings. The largest absolute Gasteiger partial charge is 0.493 e. The minimum atomic E-state index is -0.432. The van der Waals surface area contributed by atoms with Crippen LogP contribution in [0.3, 0.4) is 0 Å². The van der Waals surface area contributed by atoms with E-state index in [-0.39, 0.29) is 17.2 Å². The fourth-order valence-electron chi connectivity index (χ4n) is 2.24. The van der Waals surface area contributed by atoms with E-state index in [2.05, 4.69) is 22.0 Å². The fourth-order valence-corrected chi connectivity index (χ4v) is 2.79. The highest BCUT2D eigenvalue weighted by molar-refractivity contribution is 9.10. The Bertz CT molecular complexity index is 827. The lowest BCUT2D eigenvalue weighted by molar-refractivity contribution is 0.206. The first kappa shape index (κ1) is 19.0. The van der Waals surface area contributed by atoms with Crippen LogP contribution in [-0.2, 0) is 0 Å². The van der Waals surface area contributed by atoms with Crippen LogP contribution >= 0.6 is 15.9 Å². The lowest BCUT2D eigenvalue weighted by Gasteiger charge is -2.17. The van der Waals surface area contributed by atoms with Gasteiger partial charge in [0.15, 0.2) is 11.5 Å².